The van der Waals surface area contributed by atoms with Gasteiger partial charge in [-0.2, -0.15) is 0 Å². The Labute approximate surface area is 114 Å². The van der Waals surface area contributed by atoms with Gasteiger partial charge in [0.25, 0.3) is 5.91 Å². The summed E-state index contributed by atoms with van der Waals surface area (Å²) in [5.41, 5.74) is 0.677. The summed E-state index contributed by atoms with van der Waals surface area (Å²) in [4.78, 5) is 18.4. The molecule has 2 heterocycles. The highest BCUT2D eigenvalue weighted by molar-refractivity contribution is 5.92. The maximum Gasteiger partial charge on any atom is 0.291 e. The van der Waals surface area contributed by atoms with E-state index in [0.717, 1.165) is 45.4 Å². The summed E-state index contributed by atoms with van der Waals surface area (Å²) in [7, 11) is 0. The van der Waals surface area contributed by atoms with Gasteiger partial charge in [-0.3, -0.25) is 4.79 Å². The quantitative estimate of drug-likeness (QED) is 0.882. The van der Waals surface area contributed by atoms with Crippen molar-refractivity contribution in [2.45, 2.75) is 33.1 Å². The number of piperidine rings is 1. The number of hydrogen-bond acceptors (Lipinski definition) is 4. The highest BCUT2D eigenvalue weighted by Gasteiger charge is 2.24. The first-order valence-electron chi connectivity index (χ1n) is 7.12. The fourth-order valence-electron chi connectivity index (χ4n) is 2.57. The standard InChI is InChI=1S/C14H23N3O2/c1-3-8-17(9-12-4-6-15-7-5-12)14(18)13-11(2)16-10-19-13/h10,12,15H,3-9H2,1-2H3. The third-order valence-corrected chi connectivity index (χ3v) is 3.66. The number of nitrogens with zero attached hydrogens (tertiary/aromatic N) is 2. The molecule has 19 heavy (non-hydrogen) atoms. The molecule has 5 heteroatoms. The number of carbonyl (C=O) groups excluding carboxylic acids is 1. The predicted molar refractivity (Wildman–Crippen MR) is 73.0 cm³/mol. The Morgan fingerprint density at radius 2 is 2.26 bits per heavy atom. The van der Waals surface area contributed by atoms with Gasteiger partial charge in [0.1, 0.15) is 0 Å². The number of carbonyl (C=O) groups is 1. The van der Waals surface area contributed by atoms with Crippen molar-refractivity contribution in [1.82, 2.24) is 15.2 Å². The van der Waals surface area contributed by atoms with Crippen molar-refractivity contribution in [2.24, 2.45) is 5.92 Å². The zero-order chi connectivity index (χ0) is 13.7. The molecule has 1 saturated heterocycles. The topological polar surface area (TPSA) is 58.4 Å². The first-order chi connectivity index (χ1) is 9.22. The molecule has 1 aliphatic heterocycles. The molecular formula is C14H23N3O2. The van der Waals surface area contributed by atoms with Gasteiger partial charge in [-0.1, -0.05) is 6.92 Å². The van der Waals surface area contributed by atoms with Crippen LogP contribution in [0.5, 0.6) is 0 Å². The van der Waals surface area contributed by atoms with E-state index < -0.39 is 0 Å². The molecule has 0 spiro atoms. The van der Waals surface area contributed by atoms with Gasteiger partial charge in [0.15, 0.2) is 6.39 Å². The molecule has 1 N–H and O–H groups in total. The minimum Gasteiger partial charge on any atom is -0.438 e. The minimum absolute atomic E-state index is 0.0182. The first-order valence-corrected chi connectivity index (χ1v) is 7.12. The molecular weight excluding hydrogens is 242 g/mol. The fraction of sp³-hybridized carbons (Fsp3) is 0.714. The molecule has 0 atom stereocenters. The second kappa shape index (κ2) is 6.70. The van der Waals surface area contributed by atoms with Crippen molar-refractivity contribution in [3.05, 3.63) is 17.8 Å². The number of aromatic nitrogens is 1. The molecule has 1 aliphatic rings. The van der Waals surface area contributed by atoms with Gasteiger partial charge >= 0.3 is 0 Å². The average Bonchev–Trinajstić information content (AvgIpc) is 2.85. The lowest BCUT2D eigenvalue weighted by molar-refractivity contribution is 0.0683. The Kier molecular flexibility index (Phi) is 4.96. The van der Waals surface area contributed by atoms with Crippen LogP contribution in [0.15, 0.2) is 10.8 Å². The molecule has 1 aromatic rings. The Bertz CT molecular complexity index is 411. The summed E-state index contributed by atoms with van der Waals surface area (Å²) in [5.74, 6) is 0.970. The van der Waals surface area contributed by atoms with E-state index >= 15 is 0 Å². The summed E-state index contributed by atoms with van der Waals surface area (Å²) in [5, 5.41) is 3.35. The van der Waals surface area contributed by atoms with Crippen LogP contribution in [-0.2, 0) is 0 Å². The van der Waals surface area contributed by atoms with E-state index in [1.54, 1.807) is 0 Å². The number of hydrogen-bond donors (Lipinski definition) is 1. The number of oxazole rings is 1. The molecule has 2 rings (SSSR count). The first kappa shape index (κ1) is 14.1. The number of rotatable bonds is 5. The Balaban J connectivity index is 2.02. The second-order valence-electron chi connectivity index (χ2n) is 5.21. The zero-order valence-electron chi connectivity index (χ0n) is 11.8. The van der Waals surface area contributed by atoms with Crippen molar-refractivity contribution in [3.63, 3.8) is 0 Å². The number of amides is 1. The largest absolute Gasteiger partial charge is 0.438 e. The Morgan fingerprint density at radius 1 is 1.53 bits per heavy atom. The van der Waals surface area contributed by atoms with Crippen LogP contribution in [0.25, 0.3) is 0 Å². The molecule has 106 valence electrons. The van der Waals surface area contributed by atoms with Crippen LogP contribution in [0, 0.1) is 12.8 Å². The minimum atomic E-state index is -0.0182. The van der Waals surface area contributed by atoms with E-state index in [1.807, 2.05) is 11.8 Å². The molecule has 0 aromatic carbocycles. The van der Waals surface area contributed by atoms with Gasteiger partial charge in [-0.05, 0) is 45.2 Å². The molecule has 1 amide bonds. The normalized spacial score (nSPS) is 16.5. The van der Waals surface area contributed by atoms with Crippen LogP contribution in [0.4, 0.5) is 0 Å². The van der Waals surface area contributed by atoms with Gasteiger partial charge in [-0.25, -0.2) is 4.98 Å². The lowest BCUT2D eigenvalue weighted by Gasteiger charge is -2.29. The molecule has 0 unspecified atom stereocenters. The lowest BCUT2D eigenvalue weighted by Crippen LogP contribution is -2.39. The zero-order valence-corrected chi connectivity index (χ0v) is 11.8. The van der Waals surface area contributed by atoms with Gasteiger partial charge in [-0.15, -0.1) is 0 Å². The van der Waals surface area contributed by atoms with Crippen molar-refractivity contribution < 1.29 is 9.21 Å². The predicted octanol–water partition coefficient (Wildman–Crippen LogP) is 1.83. The summed E-state index contributed by atoms with van der Waals surface area (Å²) in [6.07, 6.45) is 4.59. The lowest BCUT2D eigenvalue weighted by atomic mass is 9.97. The Morgan fingerprint density at radius 3 is 2.84 bits per heavy atom. The van der Waals surface area contributed by atoms with Gasteiger partial charge in [0, 0.05) is 13.1 Å². The average molecular weight is 265 g/mol. The van der Waals surface area contributed by atoms with E-state index in [-0.39, 0.29) is 5.91 Å². The van der Waals surface area contributed by atoms with Crippen LogP contribution < -0.4 is 5.32 Å². The second-order valence-corrected chi connectivity index (χ2v) is 5.21. The van der Waals surface area contributed by atoms with Crippen LogP contribution in [0.1, 0.15) is 42.4 Å². The summed E-state index contributed by atoms with van der Waals surface area (Å²) >= 11 is 0. The van der Waals surface area contributed by atoms with Crippen LogP contribution in [-0.4, -0.2) is 42.0 Å². The van der Waals surface area contributed by atoms with Crippen molar-refractivity contribution >= 4 is 5.91 Å². The van der Waals surface area contributed by atoms with E-state index in [2.05, 4.69) is 17.2 Å². The van der Waals surface area contributed by atoms with E-state index in [4.69, 9.17) is 4.42 Å². The highest BCUT2D eigenvalue weighted by Crippen LogP contribution is 2.17. The van der Waals surface area contributed by atoms with Gasteiger partial charge in [0.05, 0.1) is 5.69 Å². The summed E-state index contributed by atoms with van der Waals surface area (Å²) in [6.45, 7) is 7.62. The van der Waals surface area contributed by atoms with Crippen molar-refractivity contribution in [3.8, 4) is 0 Å². The van der Waals surface area contributed by atoms with Gasteiger partial charge < -0.3 is 14.6 Å². The molecule has 5 nitrogen and oxygen atoms in total. The van der Waals surface area contributed by atoms with Gasteiger partial charge in [0.2, 0.25) is 5.76 Å². The highest BCUT2D eigenvalue weighted by atomic mass is 16.3. The third-order valence-electron chi connectivity index (χ3n) is 3.66. The fourth-order valence-corrected chi connectivity index (χ4v) is 2.57. The molecule has 0 bridgehead atoms. The maximum atomic E-state index is 12.5. The Hall–Kier alpha value is -1.36. The molecule has 0 radical (unpaired) electrons. The molecule has 0 aliphatic carbocycles. The van der Waals surface area contributed by atoms with Crippen molar-refractivity contribution in [2.75, 3.05) is 26.2 Å². The summed E-state index contributed by atoms with van der Waals surface area (Å²) in [6, 6.07) is 0. The van der Waals surface area contributed by atoms with E-state index in [0.29, 0.717) is 17.4 Å². The molecule has 0 saturated carbocycles. The third kappa shape index (κ3) is 3.56. The monoisotopic (exact) mass is 265 g/mol. The van der Waals surface area contributed by atoms with Crippen LogP contribution in [0.2, 0.25) is 0 Å². The maximum absolute atomic E-state index is 12.5. The van der Waals surface area contributed by atoms with Crippen LogP contribution in [0.3, 0.4) is 0 Å². The number of nitrogens with one attached hydrogen (secondary N) is 1. The molecule has 1 aromatic heterocycles. The molecule has 1 fully saturated rings. The van der Waals surface area contributed by atoms with E-state index in [1.165, 1.54) is 6.39 Å². The number of aryl methyl sites for hydroxylation is 1. The summed E-state index contributed by atoms with van der Waals surface area (Å²) < 4.78 is 5.23. The van der Waals surface area contributed by atoms with Crippen LogP contribution >= 0.6 is 0 Å². The smallest absolute Gasteiger partial charge is 0.291 e. The van der Waals surface area contributed by atoms with E-state index in [9.17, 15) is 4.79 Å². The SMILES string of the molecule is CCCN(CC1CCNCC1)C(=O)c1ocnc1C. The van der Waals surface area contributed by atoms with Crippen molar-refractivity contribution in [1.29, 1.82) is 0 Å².